The number of rotatable bonds is 22. The molecule has 0 N–H and O–H groups in total. The molecule has 6 aromatic rings. The molecule has 340 valence electrons. The Balaban J connectivity index is 1.15. The zero-order chi connectivity index (χ0) is 44.5. The summed E-state index contributed by atoms with van der Waals surface area (Å²) in [6.07, 6.45) is -7.18. The minimum atomic E-state index is -0.979. The molecular weight excluding hydrogens is 821 g/mol. The first-order valence-corrected chi connectivity index (χ1v) is 22.5. The van der Waals surface area contributed by atoms with Crippen molar-refractivity contribution < 1.29 is 47.4 Å². The highest BCUT2D eigenvalue weighted by Crippen LogP contribution is 2.36. The summed E-state index contributed by atoms with van der Waals surface area (Å²) in [5.41, 5.74) is 6.06. The van der Waals surface area contributed by atoms with Crippen LogP contribution >= 0.6 is 0 Å². The maximum Gasteiger partial charge on any atom is 0.187 e. The van der Waals surface area contributed by atoms with Gasteiger partial charge in [0.1, 0.15) is 42.7 Å². The van der Waals surface area contributed by atoms with Crippen molar-refractivity contribution in [3.63, 3.8) is 0 Å². The summed E-state index contributed by atoms with van der Waals surface area (Å²) < 4.78 is 68.0. The van der Waals surface area contributed by atoms with E-state index < -0.39 is 61.4 Å². The Bertz CT molecular complexity index is 2200. The van der Waals surface area contributed by atoms with E-state index >= 15 is 0 Å². The molecule has 0 bridgehead atoms. The Labute approximate surface area is 383 Å². The first-order valence-electron chi connectivity index (χ1n) is 22.5. The van der Waals surface area contributed by atoms with Crippen LogP contribution in [0.5, 0.6) is 0 Å². The minimum Gasteiger partial charge on any atom is -0.374 e. The molecule has 0 radical (unpaired) electrons. The molecular formula is C55H60O10. The van der Waals surface area contributed by atoms with Crippen LogP contribution in [0.3, 0.4) is 0 Å². The Morgan fingerprint density at radius 1 is 0.354 bits per heavy atom. The van der Waals surface area contributed by atoms with E-state index in [0.717, 1.165) is 33.4 Å². The van der Waals surface area contributed by atoms with Gasteiger partial charge in [-0.25, -0.2) is 0 Å². The van der Waals surface area contributed by atoms with Crippen molar-refractivity contribution in [2.45, 2.75) is 108 Å². The van der Waals surface area contributed by atoms with E-state index in [0.29, 0.717) is 19.8 Å². The molecule has 10 heteroatoms. The van der Waals surface area contributed by atoms with Crippen LogP contribution in [0.15, 0.2) is 182 Å². The summed E-state index contributed by atoms with van der Waals surface area (Å²) >= 11 is 0. The lowest BCUT2D eigenvalue weighted by molar-refractivity contribution is -0.372. The number of benzene rings is 6. The van der Waals surface area contributed by atoms with Crippen LogP contribution in [0.2, 0.25) is 0 Å². The van der Waals surface area contributed by atoms with Gasteiger partial charge < -0.3 is 47.4 Å². The molecule has 2 aliphatic heterocycles. The lowest BCUT2D eigenvalue weighted by atomic mass is 9.96. The van der Waals surface area contributed by atoms with E-state index in [4.69, 9.17) is 47.4 Å². The molecule has 65 heavy (non-hydrogen) atoms. The third kappa shape index (κ3) is 13.3. The van der Waals surface area contributed by atoms with Crippen LogP contribution < -0.4 is 0 Å². The second kappa shape index (κ2) is 24.4. The van der Waals surface area contributed by atoms with Crippen LogP contribution in [0.25, 0.3) is 0 Å². The average molecular weight is 881 g/mol. The van der Waals surface area contributed by atoms with Gasteiger partial charge >= 0.3 is 0 Å². The highest BCUT2D eigenvalue weighted by Gasteiger charge is 2.54. The number of methoxy groups -OCH3 is 1. The Morgan fingerprint density at radius 3 is 1.06 bits per heavy atom. The summed E-state index contributed by atoms with van der Waals surface area (Å²) in [7, 11) is 1.62. The maximum atomic E-state index is 7.34. The van der Waals surface area contributed by atoms with E-state index in [9.17, 15) is 0 Å². The van der Waals surface area contributed by atoms with Crippen molar-refractivity contribution in [2.24, 2.45) is 0 Å². The van der Waals surface area contributed by atoms with Gasteiger partial charge in [-0.1, -0.05) is 182 Å². The molecule has 0 saturated carbocycles. The second-order valence-electron chi connectivity index (χ2n) is 16.4. The third-order valence-electron chi connectivity index (χ3n) is 11.7. The molecule has 10 atom stereocenters. The number of ether oxygens (including phenoxy) is 10. The highest BCUT2D eigenvalue weighted by molar-refractivity contribution is 5.18. The van der Waals surface area contributed by atoms with Gasteiger partial charge in [-0.15, -0.1) is 0 Å². The minimum absolute atomic E-state index is 0.157. The van der Waals surface area contributed by atoms with Crippen molar-refractivity contribution in [1.82, 2.24) is 0 Å². The van der Waals surface area contributed by atoms with Gasteiger partial charge in [0.05, 0.1) is 52.4 Å². The molecule has 2 fully saturated rings. The van der Waals surface area contributed by atoms with Crippen LogP contribution in [-0.2, 0) is 87.0 Å². The van der Waals surface area contributed by atoms with Crippen molar-refractivity contribution in [2.75, 3.05) is 13.7 Å². The van der Waals surface area contributed by atoms with E-state index in [2.05, 4.69) is 0 Å². The topological polar surface area (TPSA) is 92.3 Å². The number of hydrogen-bond donors (Lipinski definition) is 0. The molecule has 0 amide bonds. The molecule has 0 spiro atoms. The van der Waals surface area contributed by atoms with Gasteiger partial charge in [-0.2, -0.15) is 0 Å². The summed E-state index contributed by atoms with van der Waals surface area (Å²) in [6.45, 7) is 4.02. The molecule has 0 aliphatic carbocycles. The molecule has 8 rings (SSSR count). The zero-order valence-corrected chi connectivity index (χ0v) is 37.1. The monoisotopic (exact) mass is 880 g/mol. The Hall–Kier alpha value is -5.08. The molecule has 2 saturated heterocycles. The number of hydrogen-bond acceptors (Lipinski definition) is 10. The van der Waals surface area contributed by atoms with E-state index in [-0.39, 0.29) is 26.4 Å². The first kappa shape index (κ1) is 46.4. The van der Waals surface area contributed by atoms with Crippen molar-refractivity contribution in [3.8, 4) is 0 Å². The summed E-state index contributed by atoms with van der Waals surface area (Å²) in [6, 6.07) is 60.4. The normalized spacial score (nSPS) is 25.6. The third-order valence-corrected chi connectivity index (χ3v) is 11.7. The lowest BCUT2D eigenvalue weighted by Gasteiger charge is -2.49. The molecule has 10 nitrogen and oxygen atoms in total. The van der Waals surface area contributed by atoms with E-state index in [1.807, 2.05) is 189 Å². The van der Waals surface area contributed by atoms with Crippen molar-refractivity contribution >= 4 is 0 Å². The molecule has 2 aliphatic rings. The second-order valence-corrected chi connectivity index (χ2v) is 16.4. The van der Waals surface area contributed by atoms with Gasteiger partial charge in [0, 0.05) is 7.11 Å². The van der Waals surface area contributed by atoms with Crippen LogP contribution in [0.1, 0.15) is 40.3 Å². The van der Waals surface area contributed by atoms with Crippen LogP contribution in [0, 0.1) is 0 Å². The predicted molar refractivity (Wildman–Crippen MR) is 246 cm³/mol. The lowest BCUT2D eigenvalue weighted by Crippen LogP contribution is -2.65. The summed E-state index contributed by atoms with van der Waals surface area (Å²) in [4.78, 5) is 0. The highest BCUT2D eigenvalue weighted by atomic mass is 16.8. The van der Waals surface area contributed by atoms with E-state index in [1.54, 1.807) is 7.11 Å². The summed E-state index contributed by atoms with van der Waals surface area (Å²) in [5, 5.41) is 0. The fraction of sp³-hybridized carbons (Fsp3) is 0.345. The maximum absolute atomic E-state index is 7.34. The molecule has 6 aromatic carbocycles. The van der Waals surface area contributed by atoms with Gasteiger partial charge in [-0.05, 0) is 40.3 Å². The van der Waals surface area contributed by atoms with Gasteiger partial charge in [0.15, 0.2) is 12.6 Å². The quantitative estimate of drug-likeness (QED) is 0.0657. The van der Waals surface area contributed by atoms with E-state index in [1.165, 1.54) is 0 Å². The largest absolute Gasteiger partial charge is 0.374 e. The Kier molecular flexibility index (Phi) is 17.5. The fourth-order valence-corrected chi connectivity index (χ4v) is 8.27. The van der Waals surface area contributed by atoms with Crippen LogP contribution in [-0.4, -0.2) is 75.1 Å². The van der Waals surface area contributed by atoms with Crippen molar-refractivity contribution in [1.29, 1.82) is 0 Å². The standard InChI is InChI=1S/C55H60O10/c1-40-48(58-34-42-23-11-4-12-24-42)50(59-35-43-25-13-5-14-26-43)53(62-38-46-31-19-8-20-32-46)55(63-40)65-49-47(39-57-33-41-21-9-3-10-22-41)64-54(56-2)52(61-37-45-29-17-7-18-30-45)51(49)60-36-44-27-15-6-16-28-44/h3-32,40,47-55H,33-39H2,1-2H3/t40-,47-,48+,49-,50+,51+,52-,53-,54-,55+/m1/s1. The molecule has 0 unspecified atom stereocenters. The fourth-order valence-electron chi connectivity index (χ4n) is 8.27. The molecule has 2 heterocycles. The van der Waals surface area contributed by atoms with Crippen molar-refractivity contribution in [3.05, 3.63) is 215 Å². The van der Waals surface area contributed by atoms with Gasteiger partial charge in [-0.3, -0.25) is 0 Å². The van der Waals surface area contributed by atoms with Gasteiger partial charge in [0.25, 0.3) is 0 Å². The zero-order valence-electron chi connectivity index (χ0n) is 37.1. The van der Waals surface area contributed by atoms with Crippen LogP contribution in [0.4, 0.5) is 0 Å². The average Bonchev–Trinajstić information content (AvgIpc) is 3.36. The summed E-state index contributed by atoms with van der Waals surface area (Å²) in [5.74, 6) is 0. The first-order chi connectivity index (χ1) is 32.1. The Morgan fingerprint density at radius 2 is 0.677 bits per heavy atom. The SMILES string of the molecule is CO[C@@H]1O[C@H](COCc2ccccc2)[C@@H](O[C@@H]2O[C@H](C)[C@H](OCc3ccccc3)[C@H](OCc3ccccc3)[C@H]2OCc2ccccc2)[C@H](OCc2ccccc2)[C@H]1OCc1ccccc1. The smallest absolute Gasteiger partial charge is 0.187 e. The molecule has 0 aromatic heterocycles. The predicted octanol–water partition coefficient (Wildman–Crippen LogP) is 9.63. The van der Waals surface area contributed by atoms with Gasteiger partial charge in [0.2, 0.25) is 0 Å².